The van der Waals surface area contributed by atoms with Crippen LogP contribution in [-0.2, 0) is 10.4 Å². The molecule has 1 aromatic rings. The van der Waals surface area contributed by atoms with Gasteiger partial charge in [0.2, 0.25) is 0 Å². The fourth-order valence-electron chi connectivity index (χ4n) is 1.49. The SMILES string of the molecule is CCN(CC)Cc1ccccc1[Se](=O)O. The quantitative estimate of drug-likeness (QED) is 0.801. The van der Waals surface area contributed by atoms with Gasteiger partial charge in [0.15, 0.2) is 0 Å². The summed E-state index contributed by atoms with van der Waals surface area (Å²) in [5, 5.41) is 0. The molecule has 0 fully saturated rings. The zero-order valence-corrected chi connectivity index (χ0v) is 10.9. The molecule has 0 aliphatic heterocycles. The second-order valence-electron chi connectivity index (χ2n) is 3.32. The second-order valence-corrected chi connectivity index (χ2v) is 5.29. The molecule has 1 unspecified atom stereocenters. The number of benzene rings is 1. The van der Waals surface area contributed by atoms with Crippen molar-refractivity contribution in [1.82, 2.24) is 4.90 Å². The van der Waals surface area contributed by atoms with E-state index in [2.05, 4.69) is 18.7 Å². The molecule has 0 saturated heterocycles. The Bertz CT molecular complexity index is 337. The molecule has 3 nitrogen and oxygen atoms in total. The van der Waals surface area contributed by atoms with E-state index in [1.165, 1.54) is 0 Å². The average molecular weight is 274 g/mol. The number of hydrogen-bond acceptors (Lipinski definition) is 2. The van der Waals surface area contributed by atoms with Crippen LogP contribution in [0.25, 0.3) is 0 Å². The maximum atomic E-state index is 11.2. The van der Waals surface area contributed by atoms with Crippen molar-refractivity contribution in [2.45, 2.75) is 20.4 Å². The fourth-order valence-corrected chi connectivity index (χ4v) is 2.65. The van der Waals surface area contributed by atoms with Crippen molar-refractivity contribution in [2.24, 2.45) is 0 Å². The summed E-state index contributed by atoms with van der Waals surface area (Å²) >= 11 is -2.80. The van der Waals surface area contributed by atoms with Gasteiger partial charge in [0.05, 0.1) is 0 Å². The van der Waals surface area contributed by atoms with Gasteiger partial charge in [-0.05, 0) is 0 Å². The molecule has 0 bridgehead atoms. The molecule has 84 valence electrons. The van der Waals surface area contributed by atoms with E-state index in [0.717, 1.165) is 25.2 Å². The average Bonchev–Trinajstić information content (AvgIpc) is 2.26. The molecule has 1 aromatic carbocycles. The molecule has 1 atom stereocenters. The Morgan fingerprint density at radius 1 is 1.27 bits per heavy atom. The summed E-state index contributed by atoms with van der Waals surface area (Å²) in [6, 6.07) is 7.40. The van der Waals surface area contributed by atoms with E-state index in [-0.39, 0.29) is 0 Å². The van der Waals surface area contributed by atoms with Crippen LogP contribution >= 0.6 is 0 Å². The molecule has 1 N–H and O–H groups in total. The van der Waals surface area contributed by atoms with Gasteiger partial charge in [-0.3, -0.25) is 0 Å². The van der Waals surface area contributed by atoms with Gasteiger partial charge >= 0.3 is 94.9 Å². The number of hydrogen-bond donors (Lipinski definition) is 1. The molecule has 0 heterocycles. The predicted octanol–water partition coefficient (Wildman–Crippen LogP) is 0.646. The molecule has 15 heavy (non-hydrogen) atoms. The van der Waals surface area contributed by atoms with Gasteiger partial charge in [-0.25, -0.2) is 0 Å². The standard InChI is InChI=1S/C11H17NO2Se/c1-3-12(4-2)9-10-7-5-6-8-11(10)15(13)14/h5-8H,3-4,9H2,1-2H3,(H,13,14). The van der Waals surface area contributed by atoms with Crippen molar-refractivity contribution in [1.29, 1.82) is 0 Å². The summed E-state index contributed by atoms with van der Waals surface area (Å²) in [5.41, 5.74) is 0.976. The molecule has 0 amide bonds. The van der Waals surface area contributed by atoms with E-state index in [1.54, 1.807) is 6.07 Å². The van der Waals surface area contributed by atoms with E-state index < -0.39 is 14.2 Å². The molecule has 0 radical (unpaired) electrons. The molecule has 4 heteroatoms. The zero-order valence-electron chi connectivity index (χ0n) is 9.14. The minimum absolute atomic E-state index is 0.615. The molecular formula is C11H17NO2Se. The summed E-state index contributed by atoms with van der Waals surface area (Å²) in [6.07, 6.45) is 0. The summed E-state index contributed by atoms with van der Waals surface area (Å²) in [7, 11) is 0. The zero-order chi connectivity index (χ0) is 11.3. The molecule has 0 aliphatic rings. The third-order valence-corrected chi connectivity index (χ3v) is 4.07. The first-order valence-electron chi connectivity index (χ1n) is 5.10. The Morgan fingerprint density at radius 2 is 1.87 bits per heavy atom. The normalized spacial score (nSPS) is 13.1. The van der Waals surface area contributed by atoms with E-state index in [9.17, 15) is 8.02 Å². The van der Waals surface area contributed by atoms with Crippen LogP contribution in [0.3, 0.4) is 0 Å². The van der Waals surface area contributed by atoms with Crippen molar-refractivity contribution in [2.75, 3.05) is 13.1 Å². The van der Waals surface area contributed by atoms with Gasteiger partial charge in [-0.1, -0.05) is 0 Å². The third-order valence-electron chi connectivity index (χ3n) is 2.45. The minimum atomic E-state index is -2.80. The molecule has 0 aromatic heterocycles. The van der Waals surface area contributed by atoms with Gasteiger partial charge < -0.3 is 0 Å². The van der Waals surface area contributed by atoms with Crippen LogP contribution in [0, 0.1) is 0 Å². The Hall–Kier alpha value is -0.541. The Balaban J connectivity index is 2.88. The first kappa shape index (κ1) is 12.5. The molecular weight excluding hydrogens is 257 g/mol. The van der Waals surface area contributed by atoms with E-state index in [1.807, 2.05) is 18.2 Å². The summed E-state index contributed by atoms with van der Waals surface area (Å²) < 4.78 is 21.0. The van der Waals surface area contributed by atoms with Crippen LogP contribution in [0.4, 0.5) is 0 Å². The number of rotatable bonds is 5. The van der Waals surface area contributed by atoms with Gasteiger partial charge in [-0.2, -0.15) is 0 Å². The first-order valence-corrected chi connectivity index (χ1v) is 7.42. The fraction of sp³-hybridized carbons (Fsp3) is 0.455. The van der Waals surface area contributed by atoms with Gasteiger partial charge in [0.25, 0.3) is 0 Å². The van der Waals surface area contributed by atoms with Crippen molar-refractivity contribution in [3.05, 3.63) is 29.8 Å². The van der Waals surface area contributed by atoms with E-state index >= 15 is 0 Å². The number of nitrogens with zero attached hydrogens (tertiary/aromatic N) is 1. The second kappa shape index (κ2) is 6.13. The first-order chi connectivity index (χ1) is 7.19. The predicted molar refractivity (Wildman–Crippen MR) is 61.4 cm³/mol. The Kier molecular flexibility index (Phi) is 5.12. The van der Waals surface area contributed by atoms with Crippen LogP contribution in [0.15, 0.2) is 24.3 Å². The van der Waals surface area contributed by atoms with Gasteiger partial charge in [0.1, 0.15) is 0 Å². The van der Waals surface area contributed by atoms with E-state index in [0.29, 0.717) is 4.46 Å². The van der Waals surface area contributed by atoms with Crippen molar-refractivity contribution >= 4 is 18.6 Å². The van der Waals surface area contributed by atoms with Gasteiger partial charge in [-0.15, -0.1) is 0 Å². The molecule has 0 aliphatic carbocycles. The summed E-state index contributed by atoms with van der Waals surface area (Å²) in [4.78, 5) is 2.23. The van der Waals surface area contributed by atoms with Crippen molar-refractivity contribution in [3.8, 4) is 0 Å². The Morgan fingerprint density at radius 3 is 2.40 bits per heavy atom. The summed E-state index contributed by atoms with van der Waals surface area (Å²) in [5.74, 6) is 0. The van der Waals surface area contributed by atoms with Gasteiger partial charge in [0, 0.05) is 0 Å². The maximum absolute atomic E-state index is 11.2. The topological polar surface area (TPSA) is 40.5 Å². The molecule has 0 spiro atoms. The van der Waals surface area contributed by atoms with Crippen molar-refractivity contribution < 1.29 is 8.02 Å². The monoisotopic (exact) mass is 275 g/mol. The van der Waals surface area contributed by atoms with Crippen LogP contribution in [-0.4, -0.2) is 36.3 Å². The van der Waals surface area contributed by atoms with Crippen LogP contribution in [0.2, 0.25) is 0 Å². The Labute approximate surface area is 95.1 Å². The van der Waals surface area contributed by atoms with Crippen LogP contribution in [0.5, 0.6) is 0 Å². The van der Waals surface area contributed by atoms with Crippen LogP contribution in [0.1, 0.15) is 19.4 Å². The van der Waals surface area contributed by atoms with Crippen LogP contribution < -0.4 is 4.46 Å². The third kappa shape index (κ3) is 3.50. The molecule has 0 saturated carbocycles. The summed E-state index contributed by atoms with van der Waals surface area (Å²) in [6.45, 7) is 6.86. The van der Waals surface area contributed by atoms with E-state index in [4.69, 9.17) is 0 Å². The molecule has 1 rings (SSSR count). The van der Waals surface area contributed by atoms with Crippen molar-refractivity contribution in [3.63, 3.8) is 0 Å².